The summed E-state index contributed by atoms with van der Waals surface area (Å²) in [5, 5.41) is 11.0. The van der Waals surface area contributed by atoms with Gasteiger partial charge in [0.2, 0.25) is 5.91 Å². The predicted molar refractivity (Wildman–Crippen MR) is 106 cm³/mol. The van der Waals surface area contributed by atoms with Crippen LogP contribution in [-0.2, 0) is 4.79 Å². The lowest BCUT2D eigenvalue weighted by Crippen LogP contribution is -2.49. The Kier molecular flexibility index (Phi) is 6.76. The monoisotopic (exact) mass is 369 g/mol. The second-order valence-electron chi connectivity index (χ2n) is 7.31. The number of para-hydroxylation sites is 1. The zero-order chi connectivity index (χ0) is 19.1. The molecule has 1 aliphatic carbocycles. The summed E-state index contributed by atoms with van der Waals surface area (Å²) in [6, 6.07) is 6.56. The Bertz CT molecular complexity index is 715. The van der Waals surface area contributed by atoms with E-state index in [0.29, 0.717) is 5.56 Å². The highest BCUT2D eigenvalue weighted by Gasteiger charge is 2.23. The number of nitro benzene ring substituents is 1. The highest BCUT2D eigenvalue weighted by Crippen LogP contribution is 2.25. The number of carbonyl (C=O) groups is 1. The largest absolute Gasteiger partial charge is 0.337 e. The fourth-order valence-corrected chi connectivity index (χ4v) is 3.91. The topological polar surface area (TPSA) is 66.7 Å². The molecule has 0 bridgehead atoms. The summed E-state index contributed by atoms with van der Waals surface area (Å²) in [4.78, 5) is 27.3. The maximum atomic E-state index is 12.3. The summed E-state index contributed by atoms with van der Waals surface area (Å²) in [6.07, 6.45) is 12.0. The van der Waals surface area contributed by atoms with E-state index in [2.05, 4.69) is 4.90 Å². The average Bonchev–Trinajstić information content (AvgIpc) is 3.19. The van der Waals surface area contributed by atoms with E-state index >= 15 is 0 Å². The lowest BCUT2D eigenvalue weighted by atomic mass is 10.1. The second-order valence-corrected chi connectivity index (χ2v) is 7.31. The molecule has 1 aromatic rings. The first-order chi connectivity index (χ1) is 13.1. The molecule has 2 aliphatic rings. The highest BCUT2D eigenvalue weighted by atomic mass is 16.6. The second kappa shape index (κ2) is 9.46. The van der Waals surface area contributed by atoms with E-state index in [9.17, 15) is 14.9 Å². The molecule has 2 fully saturated rings. The van der Waals surface area contributed by atoms with Gasteiger partial charge in [0.15, 0.2) is 0 Å². The first-order valence-corrected chi connectivity index (χ1v) is 9.73. The number of amides is 1. The minimum absolute atomic E-state index is 0.00253. The van der Waals surface area contributed by atoms with Crippen LogP contribution in [0.25, 0.3) is 6.08 Å². The molecule has 27 heavy (non-hydrogen) atoms. The Morgan fingerprint density at radius 1 is 1.11 bits per heavy atom. The van der Waals surface area contributed by atoms with Crippen LogP contribution in [0.2, 0.25) is 0 Å². The van der Waals surface area contributed by atoms with Gasteiger partial charge in [0, 0.05) is 44.9 Å². The number of carbonyl (C=O) groups excluding carboxylic acids is 1. The minimum Gasteiger partial charge on any atom is -0.337 e. The number of hydrogen-bond acceptors (Lipinski definition) is 4. The molecule has 0 N–H and O–H groups in total. The smallest absolute Gasteiger partial charge is 0.276 e. The normalized spacial score (nSPS) is 19.3. The number of hydrogen-bond donors (Lipinski definition) is 0. The van der Waals surface area contributed by atoms with Crippen molar-refractivity contribution in [2.24, 2.45) is 5.92 Å². The van der Waals surface area contributed by atoms with Crippen molar-refractivity contribution in [2.45, 2.75) is 25.7 Å². The van der Waals surface area contributed by atoms with Crippen LogP contribution in [0, 0.1) is 16.0 Å². The quantitative estimate of drug-likeness (QED) is 0.333. The molecule has 144 valence electrons. The van der Waals surface area contributed by atoms with Crippen molar-refractivity contribution >= 4 is 17.7 Å². The van der Waals surface area contributed by atoms with Crippen molar-refractivity contribution in [1.29, 1.82) is 0 Å². The molecule has 0 radical (unpaired) electrons. The van der Waals surface area contributed by atoms with E-state index in [-0.39, 0.29) is 11.6 Å². The summed E-state index contributed by atoms with van der Waals surface area (Å²) >= 11 is 0. The number of nitro groups is 1. The Hall–Kier alpha value is -2.47. The highest BCUT2D eigenvalue weighted by molar-refractivity contribution is 5.88. The van der Waals surface area contributed by atoms with E-state index in [1.807, 2.05) is 4.90 Å². The Labute approximate surface area is 160 Å². The molecule has 1 saturated carbocycles. The lowest BCUT2D eigenvalue weighted by molar-refractivity contribution is -0.385. The van der Waals surface area contributed by atoms with Crippen LogP contribution in [-0.4, -0.2) is 53.4 Å². The predicted octanol–water partition coefficient (Wildman–Crippen LogP) is 3.50. The number of allylic oxidation sites excluding steroid dienone is 2. The molecule has 1 heterocycles. The van der Waals surface area contributed by atoms with E-state index in [0.717, 1.165) is 32.1 Å². The van der Waals surface area contributed by atoms with Crippen molar-refractivity contribution in [1.82, 2.24) is 9.80 Å². The van der Waals surface area contributed by atoms with Gasteiger partial charge in [0.1, 0.15) is 0 Å². The van der Waals surface area contributed by atoms with Crippen LogP contribution >= 0.6 is 0 Å². The van der Waals surface area contributed by atoms with Gasteiger partial charge in [-0.05, 0) is 30.9 Å². The number of piperazine rings is 1. The van der Waals surface area contributed by atoms with Crippen molar-refractivity contribution < 1.29 is 9.72 Å². The summed E-state index contributed by atoms with van der Waals surface area (Å²) in [7, 11) is 0. The van der Waals surface area contributed by atoms with E-state index in [1.165, 1.54) is 44.4 Å². The lowest BCUT2D eigenvalue weighted by Gasteiger charge is -2.35. The summed E-state index contributed by atoms with van der Waals surface area (Å²) in [6.45, 7) is 4.61. The summed E-state index contributed by atoms with van der Waals surface area (Å²) in [5.41, 5.74) is 0.590. The molecule has 6 nitrogen and oxygen atoms in total. The fraction of sp³-hybridized carbons (Fsp3) is 0.476. The van der Waals surface area contributed by atoms with Gasteiger partial charge in [-0.2, -0.15) is 0 Å². The van der Waals surface area contributed by atoms with Gasteiger partial charge in [0.05, 0.1) is 10.5 Å². The van der Waals surface area contributed by atoms with E-state index in [1.54, 1.807) is 36.4 Å². The van der Waals surface area contributed by atoms with Gasteiger partial charge in [-0.15, -0.1) is 0 Å². The standard InChI is InChI=1S/C21H27N3O3/c25-21(12-6-4-10-19-9-3-5-11-20(19)24(26)27)23-15-13-22(14-16-23)17-18-7-1-2-8-18/h3-6,9-12,18H,1-2,7-8,13-17H2/b10-4+,12-6+. The van der Waals surface area contributed by atoms with Crippen molar-refractivity contribution in [2.75, 3.05) is 32.7 Å². The maximum absolute atomic E-state index is 12.3. The van der Waals surface area contributed by atoms with E-state index < -0.39 is 4.92 Å². The third kappa shape index (κ3) is 5.50. The van der Waals surface area contributed by atoms with Gasteiger partial charge in [-0.25, -0.2) is 0 Å². The van der Waals surface area contributed by atoms with Crippen molar-refractivity contribution in [3.8, 4) is 0 Å². The number of nitrogens with zero attached hydrogens (tertiary/aromatic N) is 3. The van der Waals surface area contributed by atoms with Gasteiger partial charge in [0.25, 0.3) is 5.69 Å². The number of benzene rings is 1. The first kappa shape index (κ1) is 19.3. The molecule has 0 unspecified atom stereocenters. The zero-order valence-corrected chi connectivity index (χ0v) is 15.6. The molecular formula is C21H27N3O3. The van der Waals surface area contributed by atoms with Gasteiger partial charge in [-0.1, -0.05) is 37.1 Å². The van der Waals surface area contributed by atoms with Gasteiger partial charge < -0.3 is 4.90 Å². The number of rotatable bonds is 6. The molecule has 0 aromatic heterocycles. The minimum atomic E-state index is -0.403. The molecule has 1 saturated heterocycles. The Morgan fingerprint density at radius 3 is 2.52 bits per heavy atom. The third-order valence-electron chi connectivity index (χ3n) is 5.43. The van der Waals surface area contributed by atoms with Crippen LogP contribution in [0.5, 0.6) is 0 Å². The molecule has 1 amide bonds. The van der Waals surface area contributed by atoms with E-state index in [4.69, 9.17) is 0 Å². The molecular weight excluding hydrogens is 342 g/mol. The van der Waals surface area contributed by atoms with Crippen LogP contribution in [0.4, 0.5) is 5.69 Å². The molecule has 3 rings (SSSR count). The Balaban J connectivity index is 1.46. The molecule has 0 spiro atoms. The Morgan fingerprint density at radius 2 is 1.81 bits per heavy atom. The van der Waals surface area contributed by atoms with Gasteiger partial charge >= 0.3 is 0 Å². The first-order valence-electron chi connectivity index (χ1n) is 9.73. The zero-order valence-electron chi connectivity index (χ0n) is 15.6. The SMILES string of the molecule is O=C(/C=C/C=C/c1ccccc1[N+](=O)[O-])N1CCN(CC2CCCC2)CC1. The van der Waals surface area contributed by atoms with Crippen LogP contribution < -0.4 is 0 Å². The molecule has 6 heteroatoms. The summed E-state index contributed by atoms with van der Waals surface area (Å²) in [5.74, 6) is 0.849. The average molecular weight is 369 g/mol. The van der Waals surface area contributed by atoms with Crippen molar-refractivity contribution in [3.05, 3.63) is 58.2 Å². The maximum Gasteiger partial charge on any atom is 0.276 e. The molecule has 1 aliphatic heterocycles. The van der Waals surface area contributed by atoms with Crippen LogP contribution in [0.1, 0.15) is 31.2 Å². The summed E-state index contributed by atoms with van der Waals surface area (Å²) < 4.78 is 0. The van der Waals surface area contributed by atoms with Crippen molar-refractivity contribution in [3.63, 3.8) is 0 Å². The van der Waals surface area contributed by atoms with Crippen LogP contribution in [0.15, 0.2) is 42.5 Å². The van der Waals surface area contributed by atoms with Crippen LogP contribution in [0.3, 0.4) is 0 Å². The molecule has 0 atom stereocenters. The fourth-order valence-electron chi connectivity index (χ4n) is 3.91. The third-order valence-corrected chi connectivity index (χ3v) is 5.43. The molecule has 1 aromatic carbocycles. The van der Waals surface area contributed by atoms with Gasteiger partial charge in [-0.3, -0.25) is 19.8 Å².